The number of amides is 1. The molecule has 4 heteroatoms. The molecular formula is C16H18ClNO2. The molecule has 0 aliphatic carbocycles. The molecule has 20 heavy (non-hydrogen) atoms. The van der Waals surface area contributed by atoms with Crippen LogP contribution in [-0.2, 0) is 11.3 Å². The minimum atomic E-state index is -0.496. The molecule has 3 nitrogen and oxygen atoms in total. The number of hydrogen-bond acceptors (Lipinski definition) is 2. The maximum absolute atomic E-state index is 11.8. The van der Waals surface area contributed by atoms with Gasteiger partial charge in [-0.05, 0) is 41.5 Å². The Morgan fingerprint density at radius 3 is 2.55 bits per heavy atom. The second-order valence-corrected chi connectivity index (χ2v) is 5.51. The van der Waals surface area contributed by atoms with Gasteiger partial charge in [0.25, 0.3) is 0 Å². The van der Waals surface area contributed by atoms with Crippen molar-refractivity contribution in [3.63, 3.8) is 0 Å². The van der Waals surface area contributed by atoms with Crippen molar-refractivity contribution in [3.05, 3.63) is 42.0 Å². The van der Waals surface area contributed by atoms with Crippen molar-refractivity contribution < 1.29 is 9.53 Å². The second-order valence-electron chi connectivity index (χ2n) is 4.86. The van der Waals surface area contributed by atoms with Gasteiger partial charge >= 0.3 is 0 Å². The van der Waals surface area contributed by atoms with Crippen LogP contribution in [0.5, 0.6) is 5.75 Å². The van der Waals surface area contributed by atoms with Gasteiger partial charge < -0.3 is 9.64 Å². The topological polar surface area (TPSA) is 29.5 Å². The van der Waals surface area contributed by atoms with Crippen LogP contribution in [-0.4, -0.2) is 30.3 Å². The molecule has 0 aliphatic heterocycles. The number of carbonyl (C=O) groups excluding carboxylic acids is 1. The third kappa shape index (κ3) is 3.23. The molecule has 2 aromatic carbocycles. The summed E-state index contributed by atoms with van der Waals surface area (Å²) in [5.74, 6) is 0.773. The molecule has 0 saturated carbocycles. The van der Waals surface area contributed by atoms with E-state index in [0.717, 1.165) is 22.1 Å². The molecule has 0 N–H and O–H groups in total. The van der Waals surface area contributed by atoms with E-state index in [1.807, 2.05) is 30.3 Å². The molecule has 0 spiro atoms. The number of ether oxygens (including phenoxy) is 1. The van der Waals surface area contributed by atoms with E-state index in [4.69, 9.17) is 16.3 Å². The highest BCUT2D eigenvalue weighted by Gasteiger charge is 2.14. The molecule has 0 radical (unpaired) electrons. The van der Waals surface area contributed by atoms with Crippen molar-refractivity contribution in [2.75, 3.05) is 14.2 Å². The van der Waals surface area contributed by atoms with E-state index in [1.165, 1.54) is 0 Å². The summed E-state index contributed by atoms with van der Waals surface area (Å²) in [5, 5.41) is 1.75. The quantitative estimate of drug-likeness (QED) is 0.808. The minimum Gasteiger partial charge on any atom is -0.497 e. The van der Waals surface area contributed by atoms with E-state index < -0.39 is 5.38 Å². The average Bonchev–Trinajstić information content (AvgIpc) is 2.45. The van der Waals surface area contributed by atoms with E-state index in [0.29, 0.717) is 6.54 Å². The summed E-state index contributed by atoms with van der Waals surface area (Å²) in [6.07, 6.45) is 0. The van der Waals surface area contributed by atoms with Gasteiger partial charge in [-0.3, -0.25) is 4.79 Å². The van der Waals surface area contributed by atoms with Crippen LogP contribution >= 0.6 is 11.6 Å². The number of fused-ring (bicyclic) bond motifs is 1. The van der Waals surface area contributed by atoms with Gasteiger partial charge in [0.05, 0.1) is 7.11 Å². The third-order valence-corrected chi connectivity index (χ3v) is 3.43. The van der Waals surface area contributed by atoms with E-state index in [-0.39, 0.29) is 5.91 Å². The van der Waals surface area contributed by atoms with Crippen LogP contribution in [0.4, 0.5) is 0 Å². The maximum atomic E-state index is 11.8. The van der Waals surface area contributed by atoms with E-state index in [2.05, 4.69) is 6.07 Å². The lowest BCUT2D eigenvalue weighted by molar-refractivity contribution is -0.129. The smallest absolute Gasteiger partial charge is 0.240 e. The third-order valence-electron chi connectivity index (χ3n) is 3.25. The second kappa shape index (κ2) is 6.14. The van der Waals surface area contributed by atoms with Crippen molar-refractivity contribution in [3.8, 4) is 5.75 Å². The van der Waals surface area contributed by atoms with Gasteiger partial charge in [-0.1, -0.05) is 18.2 Å². The maximum Gasteiger partial charge on any atom is 0.240 e. The fraction of sp³-hybridized carbons (Fsp3) is 0.312. The zero-order chi connectivity index (χ0) is 14.7. The molecule has 1 unspecified atom stereocenters. The Morgan fingerprint density at radius 2 is 1.90 bits per heavy atom. The lowest BCUT2D eigenvalue weighted by Crippen LogP contribution is -2.31. The monoisotopic (exact) mass is 291 g/mol. The van der Waals surface area contributed by atoms with Crippen molar-refractivity contribution in [1.82, 2.24) is 4.90 Å². The van der Waals surface area contributed by atoms with Crippen LogP contribution in [0, 0.1) is 0 Å². The number of rotatable bonds is 4. The highest BCUT2D eigenvalue weighted by Crippen LogP contribution is 2.22. The fourth-order valence-corrected chi connectivity index (χ4v) is 2.32. The summed E-state index contributed by atoms with van der Waals surface area (Å²) in [7, 11) is 3.42. The molecule has 0 bridgehead atoms. The first-order valence-electron chi connectivity index (χ1n) is 6.47. The summed E-state index contributed by atoms with van der Waals surface area (Å²) in [6, 6.07) is 12.1. The van der Waals surface area contributed by atoms with Crippen LogP contribution in [0.3, 0.4) is 0 Å². The average molecular weight is 292 g/mol. The van der Waals surface area contributed by atoms with Gasteiger partial charge in [0, 0.05) is 13.6 Å². The van der Waals surface area contributed by atoms with Crippen LogP contribution in [0.25, 0.3) is 10.8 Å². The van der Waals surface area contributed by atoms with Crippen molar-refractivity contribution in [2.24, 2.45) is 0 Å². The number of halogens is 1. The summed E-state index contributed by atoms with van der Waals surface area (Å²) < 4.78 is 5.21. The van der Waals surface area contributed by atoms with Crippen LogP contribution in [0.2, 0.25) is 0 Å². The molecule has 0 aromatic heterocycles. The molecule has 0 fully saturated rings. The number of carbonyl (C=O) groups is 1. The van der Waals surface area contributed by atoms with Crippen LogP contribution in [0.15, 0.2) is 36.4 Å². The van der Waals surface area contributed by atoms with Crippen LogP contribution in [0.1, 0.15) is 12.5 Å². The van der Waals surface area contributed by atoms with Gasteiger partial charge in [-0.15, -0.1) is 11.6 Å². The predicted molar refractivity (Wildman–Crippen MR) is 82.3 cm³/mol. The Kier molecular flexibility index (Phi) is 4.50. The Balaban J connectivity index is 2.22. The van der Waals surface area contributed by atoms with E-state index in [1.54, 1.807) is 26.0 Å². The highest BCUT2D eigenvalue weighted by molar-refractivity contribution is 6.30. The molecule has 1 amide bonds. The van der Waals surface area contributed by atoms with E-state index >= 15 is 0 Å². The Bertz CT molecular complexity index is 625. The van der Waals surface area contributed by atoms with Crippen LogP contribution < -0.4 is 4.74 Å². The van der Waals surface area contributed by atoms with E-state index in [9.17, 15) is 4.79 Å². The highest BCUT2D eigenvalue weighted by atomic mass is 35.5. The minimum absolute atomic E-state index is 0.0681. The lowest BCUT2D eigenvalue weighted by atomic mass is 10.1. The lowest BCUT2D eigenvalue weighted by Gasteiger charge is -2.18. The largest absolute Gasteiger partial charge is 0.497 e. The molecule has 0 heterocycles. The molecular weight excluding hydrogens is 274 g/mol. The molecule has 106 valence electrons. The van der Waals surface area contributed by atoms with Gasteiger partial charge in [0.1, 0.15) is 11.1 Å². The first kappa shape index (κ1) is 14.7. The fourth-order valence-electron chi connectivity index (χ4n) is 2.15. The Hall–Kier alpha value is -1.74. The number of benzene rings is 2. The zero-order valence-electron chi connectivity index (χ0n) is 11.9. The molecule has 2 aromatic rings. The molecule has 2 rings (SSSR count). The van der Waals surface area contributed by atoms with Gasteiger partial charge in [-0.25, -0.2) is 0 Å². The SMILES string of the molecule is COc1ccc2cc(CN(C)C(=O)C(C)Cl)ccc2c1. The number of hydrogen-bond donors (Lipinski definition) is 0. The first-order chi connectivity index (χ1) is 9.51. The van der Waals surface area contributed by atoms with Crippen molar-refractivity contribution >= 4 is 28.3 Å². The Labute approximate surface area is 124 Å². The summed E-state index contributed by atoms with van der Waals surface area (Å²) in [6.45, 7) is 2.24. The molecule has 1 atom stereocenters. The Morgan fingerprint density at radius 1 is 1.25 bits per heavy atom. The summed E-state index contributed by atoms with van der Waals surface area (Å²) >= 11 is 5.81. The summed E-state index contributed by atoms with van der Waals surface area (Å²) in [5.41, 5.74) is 1.08. The van der Waals surface area contributed by atoms with Gasteiger partial charge in [0.15, 0.2) is 0 Å². The number of nitrogens with zero attached hydrogens (tertiary/aromatic N) is 1. The zero-order valence-corrected chi connectivity index (χ0v) is 12.6. The standard InChI is InChI=1S/C16H18ClNO2/c1-11(17)16(19)18(2)10-12-4-5-14-9-15(20-3)7-6-13(14)8-12/h4-9,11H,10H2,1-3H3. The normalized spacial score (nSPS) is 12.2. The van der Waals surface area contributed by atoms with Gasteiger partial charge in [-0.2, -0.15) is 0 Å². The predicted octanol–water partition coefficient (Wildman–Crippen LogP) is 3.43. The van der Waals surface area contributed by atoms with Crippen molar-refractivity contribution in [2.45, 2.75) is 18.8 Å². The molecule has 0 aliphatic rings. The molecule has 0 saturated heterocycles. The van der Waals surface area contributed by atoms with Crippen molar-refractivity contribution in [1.29, 1.82) is 0 Å². The number of alkyl halides is 1. The first-order valence-corrected chi connectivity index (χ1v) is 6.90. The number of methoxy groups -OCH3 is 1. The summed E-state index contributed by atoms with van der Waals surface area (Å²) in [4.78, 5) is 13.4. The van der Waals surface area contributed by atoms with Gasteiger partial charge in [0.2, 0.25) is 5.91 Å².